The van der Waals surface area contributed by atoms with Gasteiger partial charge in [-0.3, -0.25) is 4.79 Å². The van der Waals surface area contributed by atoms with Crippen molar-refractivity contribution in [2.75, 3.05) is 0 Å². The third-order valence-corrected chi connectivity index (χ3v) is 2.86. The van der Waals surface area contributed by atoms with Crippen LogP contribution in [0.1, 0.15) is 22.5 Å². The normalized spacial score (nSPS) is 10.1. The van der Waals surface area contributed by atoms with Gasteiger partial charge in [-0.05, 0) is 31.9 Å². The monoisotopic (exact) mass is 239 g/mol. The van der Waals surface area contributed by atoms with Crippen molar-refractivity contribution in [3.8, 4) is 11.8 Å². The van der Waals surface area contributed by atoms with Crippen molar-refractivity contribution in [1.82, 2.24) is 9.78 Å². The van der Waals surface area contributed by atoms with E-state index >= 15 is 0 Å². The minimum atomic E-state index is -0.336. The average molecular weight is 239 g/mol. The zero-order valence-electron chi connectivity index (χ0n) is 10.6. The number of nitriles is 1. The maximum absolute atomic E-state index is 11.5. The predicted molar refractivity (Wildman–Crippen MR) is 68.8 cm³/mol. The lowest BCUT2D eigenvalue weighted by atomic mass is 10.1. The van der Waals surface area contributed by atoms with Crippen molar-refractivity contribution in [3.63, 3.8) is 0 Å². The van der Waals surface area contributed by atoms with E-state index in [9.17, 15) is 4.79 Å². The minimum Gasteiger partial charge on any atom is -0.287 e. The Labute approximate surface area is 105 Å². The summed E-state index contributed by atoms with van der Waals surface area (Å²) in [6, 6.07) is 9.20. The smallest absolute Gasteiger partial charge is 0.218 e. The second kappa shape index (κ2) is 4.46. The Kier molecular flexibility index (Phi) is 2.99. The zero-order chi connectivity index (χ0) is 13.3. The Morgan fingerprint density at radius 3 is 2.39 bits per heavy atom. The Morgan fingerprint density at radius 2 is 1.83 bits per heavy atom. The second-order valence-electron chi connectivity index (χ2n) is 4.26. The van der Waals surface area contributed by atoms with E-state index in [1.165, 1.54) is 6.07 Å². The van der Waals surface area contributed by atoms with Gasteiger partial charge in [-0.25, -0.2) is 4.68 Å². The van der Waals surface area contributed by atoms with E-state index in [0.29, 0.717) is 0 Å². The summed E-state index contributed by atoms with van der Waals surface area (Å²) in [6.45, 7) is 5.77. The molecule has 1 aromatic carbocycles. The van der Waals surface area contributed by atoms with Crippen LogP contribution in [-0.4, -0.2) is 9.78 Å². The molecule has 0 unspecified atom stereocenters. The summed E-state index contributed by atoms with van der Waals surface area (Å²) >= 11 is 0. The third kappa shape index (κ3) is 1.91. The van der Waals surface area contributed by atoms with Gasteiger partial charge < -0.3 is 0 Å². The molecule has 1 heterocycles. The lowest BCUT2D eigenvalue weighted by Crippen LogP contribution is -2.18. The van der Waals surface area contributed by atoms with Gasteiger partial charge in [-0.2, -0.15) is 10.4 Å². The fourth-order valence-corrected chi connectivity index (χ4v) is 1.99. The molecule has 0 aliphatic carbocycles. The molecule has 1 aromatic heterocycles. The molecule has 0 bridgehead atoms. The van der Waals surface area contributed by atoms with Crippen LogP contribution in [0.25, 0.3) is 5.69 Å². The van der Waals surface area contributed by atoms with Crippen molar-refractivity contribution in [2.45, 2.75) is 20.8 Å². The fourth-order valence-electron chi connectivity index (χ4n) is 1.99. The molecule has 0 atom stereocenters. The number of aryl methyl sites for hydroxylation is 3. The number of para-hydroxylation sites is 1. The van der Waals surface area contributed by atoms with Gasteiger partial charge in [0.2, 0.25) is 11.1 Å². The second-order valence-corrected chi connectivity index (χ2v) is 4.26. The molecule has 0 saturated heterocycles. The molecule has 18 heavy (non-hydrogen) atoms. The molecule has 0 spiro atoms. The van der Waals surface area contributed by atoms with Gasteiger partial charge in [0.1, 0.15) is 6.07 Å². The fraction of sp³-hybridized carbons (Fsp3) is 0.214. The van der Waals surface area contributed by atoms with E-state index in [4.69, 9.17) is 5.26 Å². The average Bonchev–Trinajstić information content (AvgIpc) is 2.31. The lowest BCUT2D eigenvalue weighted by Gasteiger charge is -2.14. The van der Waals surface area contributed by atoms with Gasteiger partial charge in [-0.15, -0.1) is 0 Å². The van der Waals surface area contributed by atoms with E-state index in [2.05, 4.69) is 5.10 Å². The molecule has 4 nitrogen and oxygen atoms in total. The van der Waals surface area contributed by atoms with E-state index in [-0.39, 0.29) is 11.1 Å². The van der Waals surface area contributed by atoms with E-state index < -0.39 is 0 Å². The molecule has 2 aromatic rings. The van der Waals surface area contributed by atoms with Gasteiger partial charge in [0.05, 0.1) is 5.69 Å². The zero-order valence-corrected chi connectivity index (χ0v) is 10.6. The number of hydrogen-bond acceptors (Lipinski definition) is 3. The van der Waals surface area contributed by atoms with Gasteiger partial charge in [0, 0.05) is 11.8 Å². The van der Waals surface area contributed by atoms with Crippen LogP contribution in [0, 0.1) is 32.1 Å². The SMILES string of the molecule is Cc1cccc(C)c1-n1nc(C#N)c(=O)cc1C. The molecule has 0 saturated carbocycles. The highest BCUT2D eigenvalue weighted by atomic mass is 16.1. The summed E-state index contributed by atoms with van der Waals surface area (Å²) < 4.78 is 1.66. The molecule has 0 N–H and O–H groups in total. The maximum atomic E-state index is 11.5. The Morgan fingerprint density at radius 1 is 1.22 bits per heavy atom. The summed E-state index contributed by atoms with van der Waals surface area (Å²) in [5.41, 5.74) is 3.33. The van der Waals surface area contributed by atoms with Gasteiger partial charge in [0.15, 0.2) is 0 Å². The summed E-state index contributed by atoms with van der Waals surface area (Å²) in [5, 5.41) is 13.0. The van der Waals surface area contributed by atoms with Crippen molar-refractivity contribution in [3.05, 3.63) is 57.0 Å². The van der Waals surface area contributed by atoms with E-state index in [1.807, 2.05) is 38.1 Å². The molecule has 4 heteroatoms. The first-order valence-electron chi connectivity index (χ1n) is 5.62. The standard InChI is InChI=1S/C14H13N3O/c1-9-5-4-6-10(2)14(9)17-11(3)7-13(18)12(8-15)16-17/h4-7H,1-3H3. The topological polar surface area (TPSA) is 58.7 Å². The molecule has 0 fully saturated rings. The van der Waals surface area contributed by atoms with Gasteiger partial charge >= 0.3 is 0 Å². The quantitative estimate of drug-likeness (QED) is 0.765. The number of hydrogen-bond donors (Lipinski definition) is 0. The maximum Gasteiger partial charge on any atom is 0.218 e. The van der Waals surface area contributed by atoms with Crippen LogP contribution in [0.4, 0.5) is 0 Å². The first-order chi connectivity index (χ1) is 8.54. The highest BCUT2D eigenvalue weighted by molar-refractivity contribution is 5.47. The summed E-state index contributed by atoms with van der Waals surface area (Å²) in [5.74, 6) is 0. The predicted octanol–water partition coefficient (Wildman–Crippen LogP) is 2.03. The molecule has 0 aliphatic rings. The van der Waals surface area contributed by atoms with Gasteiger partial charge in [-0.1, -0.05) is 18.2 Å². The van der Waals surface area contributed by atoms with Crippen molar-refractivity contribution < 1.29 is 0 Å². The van der Waals surface area contributed by atoms with Gasteiger partial charge in [0.25, 0.3) is 0 Å². The summed E-state index contributed by atoms with van der Waals surface area (Å²) in [4.78, 5) is 11.5. The van der Waals surface area contributed by atoms with Crippen LogP contribution >= 0.6 is 0 Å². The van der Waals surface area contributed by atoms with Crippen LogP contribution in [0.15, 0.2) is 29.1 Å². The number of aromatic nitrogens is 2. The van der Waals surface area contributed by atoms with Crippen molar-refractivity contribution >= 4 is 0 Å². The Hall–Kier alpha value is -2.41. The van der Waals surface area contributed by atoms with Crippen LogP contribution in [0.2, 0.25) is 0 Å². The third-order valence-electron chi connectivity index (χ3n) is 2.86. The first kappa shape index (κ1) is 12.1. The minimum absolute atomic E-state index is 0.0803. The van der Waals surface area contributed by atoms with Crippen LogP contribution in [-0.2, 0) is 0 Å². The van der Waals surface area contributed by atoms with Crippen LogP contribution in [0.5, 0.6) is 0 Å². The van der Waals surface area contributed by atoms with Crippen LogP contribution in [0.3, 0.4) is 0 Å². The molecule has 90 valence electrons. The van der Waals surface area contributed by atoms with E-state index in [0.717, 1.165) is 22.5 Å². The lowest BCUT2D eigenvalue weighted by molar-refractivity contribution is 0.780. The largest absolute Gasteiger partial charge is 0.287 e. The molecule has 2 rings (SSSR count). The molecular weight excluding hydrogens is 226 g/mol. The molecule has 0 aliphatic heterocycles. The Bertz CT molecular complexity index is 688. The summed E-state index contributed by atoms with van der Waals surface area (Å²) in [6.07, 6.45) is 0. The Balaban J connectivity index is 2.80. The summed E-state index contributed by atoms with van der Waals surface area (Å²) in [7, 11) is 0. The number of nitrogens with zero attached hydrogens (tertiary/aromatic N) is 3. The van der Waals surface area contributed by atoms with Crippen molar-refractivity contribution in [1.29, 1.82) is 5.26 Å². The number of rotatable bonds is 1. The van der Waals surface area contributed by atoms with E-state index in [1.54, 1.807) is 11.6 Å². The first-order valence-corrected chi connectivity index (χ1v) is 5.62. The molecule has 0 radical (unpaired) electrons. The highest BCUT2D eigenvalue weighted by Gasteiger charge is 2.10. The molecular formula is C14H13N3O. The number of benzene rings is 1. The van der Waals surface area contributed by atoms with Crippen molar-refractivity contribution in [2.24, 2.45) is 0 Å². The van der Waals surface area contributed by atoms with Crippen LogP contribution < -0.4 is 5.43 Å². The highest BCUT2D eigenvalue weighted by Crippen LogP contribution is 2.18. The molecule has 0 amide bonds.